The fourth-order valence-electron chi connectivity index (χ4n) is 2.23. The van der Waals surface area contributed by atoms with Crippen molar-refractivity contribution in [1.29, 1.82) is 0 Å². The van der Waals surface area contributed by atoms with E-state index in [1.54, 1.807) is 10.6 Å². The molecule has 0 fully saturated rings. The van der Waals surface area contributed by atoms with E-state index in [1.807, 2.05) is 5.38 Å². The number of hydrogen-bond donors (Lipinski definition) is 1. The summed E-state index contributed by atoms with van der Waals surface area (Å²) in [5, 5.41) is 6.02. The molecular formula is C14H16N4O4S2. The number of fused-ring (bicyclic) bond motifs is 1. The van der Waals surface area contributed by atoms with E-state index in [0.717, 1.165) is 10.7 Å². The third-order valence-corrected chi connectivity index (χ3v) is 5.80. The number of methoxy groups -OCH3 is 2. The molecule has 0 amide bonds. The zero-order valence-corrected chi connectivity index (χ0v) is 14.7. The molecule has 0 saturated heterocycles. The highest BCUT2D eigenvalue weighted by atomic mass is 32.2. The Kier molecular flexibility index (Phi) is 4.69. The molecule has 1 aromatic carbocycles. The molecule has 8 nitrogen and oxygen atoms in total. The summed E-state index contributed by atoms with van der Waals surface area (Å²) in [6.45, 7) is 0.239. The second-order valence-electron chi connectivity index (χ2n) is 4.85. The zero-order valence-electron chi connectivity index (χ0n) is 13.1. The quantitative estimate of drug-likeness (QED) is 0.676. The lowest BCUT2D eigenvalue weighted by atomic mass is 10.3. The van der Waals surface area contributed by atoms with E-state index in [1.165, 1.54) is 44.0 Å². The van der Waals surface area contributed by atoms with Crippen LogP contribution in [0.2, 0.25) is 0 Å². The maximum absolute atomic E-state index is 12.5. The van der Waals surface area contributed by atoms with Crippen LogP contribution in [-0.4, -0.2) is 43.8 Å². The van der Waals surface area contributed by atoms with Crippen LogP contribution in [0.3, 0.4) is 0 Å². The van der Waals surface area contributed by atoms with Gasteiger partial charge in [-0.1, -0.05) is 0 Å². The van der Waals surface area contributed by atoms with Gasteiger partial charge in [-0.25, -0.2) is 22.6 Å². The smallest absolute Gasteiger partial charge is 0.244 e. The zero-order chi connectivity index (χ0) is 17.2. The summed E-state index contributed by atoms with van der Waals surface area (Å²) in [6.07, 6.45) is 1.97. The van der Waals surface area contributed by atoms with Crippen LogP contribution >= 0.6 is 11.3 Å². The molecular weight excluding hydrogens is 352 g/mol. The molecule has 3 rings (SSSR count). The molecule has 128 valence electrons. The highest BCUT2D eigenvalue weighted by Gasteiger charge is 2.20. The van der Waals surface area contributed by atoms with E-state index >= 15 is 0 Å². The average Bonchev–Trinajstić information content (AvgIpc) is 3.18. The molecule has 0 aliphatic heterocycles. The Hall–Kier alpha value is -2.17. The Morgan fingerprint density at radius 3 is 2.88 bits per heavy atom. The Morgan fingerprint density at radius 2 is 2.12 bits per heavy atom. The van der Waals surface area contributed by atoms with Crippen LogP contribution in [0.1, 0.15) is 5.69 Å². The first-order valence-corrected chi connectivity index (χ1v) is 9.39. The molecule has 0 spiro atoms. The number of thiazole rings is 1. The van der Waals surface area contributed by atoms with E-state index in [0.29, 0.717) is 12.2 Å². The van der Waals surface area contributed by atoms with Crippen LogP contribution in [0, 0.1) is 0 Å². The summed E-state index contributed by atoms with van der Waals surface area (Å²) in [5.41, 5.74) is 0.900. The van der Waals surface area contributed by atoms with Gasteiger partial charge < -0.3 is 9.47 Å². The average molecular weight is 368 g/mol. The van der Waals surface area contributed by atoms with Gasteiger partial charge in [0.05, 0.1) is 19.9 Å². The van der Waals surface area contributed by atoms with Gasteiger partial charge in [-0.2, -0.15) is 5.10 Å². The molecule has 24 heavy (non-hydrogen) atoms. The first-order chi connectivity index (χ1) is 11.5. The summed E-state index contributed by atoms with van der Waals surface area (Å²) in [4.78, 5) is 4.94. The third-order valence-electron chi connectivity index (χ3n) is 3.42. The number of nitrogens with one attached hydrogen (secondary N) is 1. The number of ether oxygens (including phenoxy) is 2. The Balaban J connectivity index is 1.73. The molecule has 0 bridgehead atoms. The number of nitrogens with zero attached hydrogens (tertiary/aromatic N) is 3. The van der Waals surface area contributed by atoms with Crippen molar-refractivity contribution in [2.24, 2.45) is 0 Å². The number of benzene rings is 1. The van der Waals surface area contributed by atoms with E-state index in [4.69, 9.17) is 9.47 Å². The lowest BCUT2D eigenvalue weighted by molar-refractivity contribution is 0.386. The Bertz CT molecular complexity index is 949. The van der Waals surface area contributed by atoms with Crippen molar-refractivity contribution >= 4 is 26.3 Å². The molecule has 2 heterocycles. The molecule has 2 aromatic heterocycles. The lowest BCUT2D eigenvalue weighted by Crippen LogP contribution is -2.26. The SMILES string of the molecule is COc1ccc(S(=O)(=O)NCCc2csc3ncnn23)c(OC)c1. The normalized spacial score (nSPS) is 11.8. The second-order valence-corrected chi connectivity index (χ2v) is 7.42. The van der Waals surface area contributed by atoms with E-state index < -0.39 is 10.0 Å². The van der Waals surface area contributed by atoms with Gasteiger partial charge in [-0.15, -0.1) is 11.3 Å². The molecule has 0 unspecified atom stereocenters. The first-order valence-electron chi connectivity index (χ1n) is 7.03. The topological polar surface area (TPSA) is 94.8 Å². The van der Waals surface area contributed by atoms with Crippen LogP contribution in [0.5, 0.6) is 11.5 Å². The van der Waals surface area contributed by atoms with Crippen LogP contribution < -0.4 is 14.2 Å². The summed E-state index contributed by atoms with van der Waals surface area (Å²) >= 11 is 1.46. The summed E-state index contributed by atoms with van der Waals surface area (Å²) < 4.78 is 39.5. The number of hydrogen-bond acceptors (Lipinski definition) is 7. The molecule has 0 radical (unpaired) electrons. The first kappa shape index (κ1) is 16.7. The number of sulfonamides is 1. The van der Waals surface area contributed by atoms with Crippen molar-refractivity contribution < 1.29 is 17.9 Å². The van der Waals surface area contributed by atoms with Crippen molar-refractivity contribution in [3.8, 4) is 11.5 Å². The van der Waals surface area contributed by atoms with E-state index in [2.05, 4.69) is 14.8 Å². The van der Waals surface area contributed by atoms with E-state index in [9.17, 15) is 8.42 Å². The lowest BCUT2D eigenvalue weighted by Gasteiger charge is -2.11. The number of rotatable bonds is 7. The fourth-order valence-corrected chi connectivity index (χ4v) is 4.24. The molecule has 0 atom stereocenters. The minimum atomic E-state index is -3.69. The second kappa shape index (κ2) is 6.75. The van der Waals surface area contributed by atoms with Gasteiger partial charge in [0.15, 0.2) is 0 Å². The molecule has 10 heteroatoms. The van der Waals surface area contributed by atoms with Crippen molar-refractivity contribution in [3.05, 3.63) is 35.6 Å². The summed E-state index contributed by atoms with van der Waals surface area (Å²) in [7, 11) is -0.769. The van der Waals surface area contributed by atoms with Crippen LogP contribution in [0.15, 0.2) is 34.8 Å². The summed E-state index contributed by atoms with van der Waals surface area (Å²) in [6, 6.07) is 4.57. The molecule has 0 aliphatic rings. The van der Waals surface area contributed by atoms with Gasteiger partial charge >= 0.3 is 0 Å². The van der Waals surface area contributed by atoms with Gasteiger partial charge in [0.1, 0.15) is 22.7 Å². The van der Waals surface area contributed by atoms with Crippen molar-refractivity contribution in [3.63, 3.8) is 0 Å². The van der Waals surface area contributed by atoms with Crippen LogP contribution in [-0.2, 0) is 16.4 Å². The molecule has 0 saturated carbocycles. The van der Waals surface area contributed by atoms with Crippen LogP contribution in [0.4, 0.5) is 0 Å². The monoisotopic (exact) mass is 368 g/mol. The predicted molar refractivity (Wildman–Crippen MR) is 89.3 cm³/mol. The third kappa shape index (κ3) is 3.21. The molecule has 1 N–H and O–H groups in total. The maximum atomic E-state index is 12.5. The van der Waals surface area contributed by atoms with Gasteiger partial charge in [0.25, 0.3) is 0 Å². The van der Waals surface area contributed by atoms with Crippen molar-refractivity contribution in [2.75, 3.05) is 20.8 Å². The van der Waals surface area contributed by atoms with Gasteiger partial charge in [0, 0.05) is 24.4 Å². The standard InChI is InChI=1S/C14H16N4O4S2/c1-21-11-3-4-13(12(7-11)22-2)24(19,20)17-6-5-10-8-23-14-15-9-16-18(10)14/h3-4,7-9,17H,5-6H2,1-2H3. The maximum Gasteiger partial charge on any atom is 0.244 e. The van der Waals surface area contributed by atoms with Gasteiger partial charge in [-0.05, 0) is 12.1 Å². The Labute approximate surface area is 143 Å². The highest BCUT2D eigenvalue weighted by Crippen LogP contribution is 2.28. The summed E-state index contributed by atoms with van der Waals surface area (Å²) in [5.74, 6) is 0.758. The van der Waals surface area contributed by atoms with Crippen molar-refractivity contribution in [2.45, 2.75) is 11.3 Å². The Morgan fingerprint density at radius 1 is 1.29 bits per heavy atom. The van der Waals surface area contributed by atoms with Crippen molar-refractivity contribution in [1.82, 2.24) is 19.3 Å². The minimum Gasteiger partial charge on any atom is -0.497 e. The molecule has 3 aromatic rings. The fraction of sp³-hybridized carbons (Fsp3) is 0.286. The van der Waals surface area contributed by atoms with E-state index in [-0.39, 0.29) is 17.2 Å². The largest absolute Gasteiger partial charge is 0.497 e. The van der Waals surface area contributed by atoms with Crippen LogP contribution in [0.25, 0.3) is 4.96 Å². The number of aromatic nitrogens is 3. The van der Waals surface area contributed by atoms with Gasteiger partial charge in [-0.3, -0.25) is 0 Å². The molecule has 0 aliphatic carbocycles. The predicted octanol–water partition coefficient (Wildman–Crippen LogP) is 1.33. The van der Waals surface area contributed by atoms with Gasteiger partial charge in [0.2, 0.25) is 15.0 Å². The minimum absolute atomic E-state index is 0.0713. The highest BCUT2D eigenvalue weighted by molar-refractivity contribution is 7.89.